The first kappa shape index (κ1) is 30.8. The van der Waals surface area contributed by atoms with Crippen molar-refractivity contribution < 1.29 is 39.7 Å². The van der Waals surface area contributed by atoms with Crippen LogP contribution in [0.1, 0.15) is 32.6 Å². The first-order valence-corrected chi connectivity index (χ1v) is 17.5. The predicted molar refractivity (Wildman–Crippen MR) is 171 cm³/mol. The quantitative estimate of drug-likeness (QED) is 0.143. The molecular weight excluding hydrogens is 617 g/mol. The van der Waals surface area contributed by atoms with Crippen LogP contribution < -0.4 is 14.2 Å². The van der Waals surface area contributed by atoms with Gasteiger partial charge in [0.25, 0.3) is 5.52 Å². The third-order valence-corrected chi connectivity index (χ3v) is 9.95. The van der Waals surface area contributed by atoms with Crippen molar-refractivity contribution in [2.24, 2.45) is 0 Å². The van der Waals surface area contributed by atoms with E-state index in [9.17, 15) is 25.9 Å². The number of benzene rings is 4. The minimum Gasteiger partial charge on any atom is -0.748 e. The Hall–Kier alpha value is -4.23. The highest BCUT2D eigenvalue weighted by molar-refractivity contribution is 7.86. The van der Waals surface area contributed by atoms with Crippen LogP contribution in [0.25, 0.3) is 38.7 Å². The fraction of sp³-hybridized carbons (Fsp3) is 0.242. The summed E-state index contributed by atoms with van der Waals surface area (Å²) >= 11 is 0. The molecule has 1 atom stereocenters. The molecule has 1 aliphatic heterocycles. The lowest BCUT2D eigenvalue weighted by Crippen LogP contribution is -2.38. The summed E-state index contributed by atoms with van der Waals surface area (Å²) in [6, 6.07) is 23.3. The lowest BCUT2D eigenvalue weighted by Gasteiger charge is -2.19. The number of oxazole rings is 1. The number of aromatic nitrogens is 1. The molecule has 1 aromatic heterocycles. The van der Waals surface area contributed by atoms with Gasteiger partial charge in [0.05, 0.1) is 42.6 Å². The van der Waals surface area contributed by atoms with Crippen LogP contribution in [0.4, 0.5) is 5.69 Å². The molecule has 45 heavy (non-hydrogen) atoms. The number of aryl methyl sites for hydroxylation is 1. The van der Waals surface area contributed by atoms with Crippen molar-refractivity contribution in [3.8, 4) is 5.75 Å². The number of hydrogen-bond donors (Lipinski definition) is 0. The molecule has 4 aromatic carbocycles. The van der Waals surface area contributed by atoms with Crippen molar-refractivity contribution in [3.63, 3.8) is 0 Å². The van der Waals surface area contributed by atoms with Crippen molar-refractivity contribution in [2.45, 2.75) is 38.5 Å². The standard InChI is InChI=1S/C33H32N2O8S2/c1-22(18-31-34(15-7-17-44(36,37)38)28-20-25-9-3-4-10-26(25)21-30(28)43-31)19-32-35(16-14-23(2)45(39,40)41)33-27-11-6-5-8-24(27)12-13-29(33)42-32/h3-6,8-13,18-21,23H,7,14-17H2,1-2H3,(H-,36,37,38,39,40,41)/p-1. The van der Waals surface area contributed by atoms with Crippen molar-refractivity contribution >= 4 is 64.6 Å². The van der Waals surface area contributed by atoms with Gasteiger partial charge in [-0.1, -0.05) is 48.5 Å². The molecule has 0 fully saturated rings. The molecule has 234 valence electrons. The number of hydrogen-bond acceptors (Lipinski definition) is 9. The summed E-state index contributed by atoms with van der Waals surface area (Å²) in [5.41, 5.74) is 2.88. The maximum Gasteiger partial charge on any atom is 0.374 e. The molecule has 0 radical (unpaired) electrons. The molecule has 1 unspecified atom stereocenters. The molecule has 0 spiro atoms. The van der Waals surface area contributed by atoms with Gasteiger partial charge < -0.3 is 23.2 Å². The van der Waals surface area contributed by atoms with Crippen LogP contribution in [0, 0.1) is 0 Å². The molecule has 0 N–H and O–H groups in total. The SMILES string of the molecule is CC(/C=C1\Oc2cc3ccccc3cc2N1CCCS(=O)(=O)[O-])=C\c1oc2ccc3ccccc3c2[n+]1CCC(C)S(=O)(=O)[O-]. The van der Waals surface area contributed by atoms with Gasteiger partial charge in [-0.2, -0.15) is 4.57 Å². The van der Waals surface area contributed by atoms with Gasteiger partial charge in [-0.15, -0.1) is 0 Å². The Morgan fingerprint density at radius 3 is 2.36 bits per heavy atom. The number of allylic oxidation sites excluding steroid dienone is 2. The van der Waals surface area contributed by atoms with Crippen LogP contribution >= 0.6 is 0 Å². The van der Waals surface area contributed by atoms with Gasteiger partial charge in [-0.05, 0) is 66.3 Å². The molecule has 5 aromatic rings. The largest absolute Gasteiger partial charge is 0.748 e. The van der Waals surface area contributed by atoms with Crippen LogP contribution in [-0.4, -0.2) is 43.5 Å². The van der Waals surface area contributed by atoms with Crippen molar-refractivity contribution in [3.05, 3.63) is 96.2 Å². The van der Waals surface area contributed by atoms with E-state index in [4.69, 9.17) is 9.15 Å². The summed E-state index contributed by atoms with van der Waals surface area (Å²) in [6.45, 7) is 3.73. The van der Waals surface area contributed by atoms with Gasteiger partial charge >= 0.3 is 5.89 Å². The zero-order valence-electron chi connectivity index (χ0n) is 24.7. The van der Waals surface area contributed by atoms with Crippen LogP contribution in [0.2, 0.25) is 0 Å². The Kier molecular flexibility index (Phi) is 8.16. The van der Waals surface area contributed by atoms with E-state index in [1.807, 2.05) is 89.2 Å². The van der Waals surface area contributed by atoms with Gasteiger partial charge in [0.2, 0.25) is 11.5 Å². The zero-order chi connectivity index (χ0) is 31.9. The van der Waals surface area contributed by atoms with Crippen LogP contribution in [-0.2, 0) is 26.8 Å². The molecule has 0 amide bonds. The number of nitrogens with zero attached hydrogens (tertiary/aromatic N) is 2. The van der Waals surface area contributed by atoms with Crippen molar-refractivity contribution in [1.29, 1.82) is 0 Å². The van der Waals surface area contributed by atoms with E-state index in [1.54, 1.807) is 12.2 Å². The average molecular weight is 648 g/mol. The molecule has 2 heterocycles. The van der Waals surface area contributed by atoms with Gasteiger partial charge in [0, 0.05) is 24.8 Å². The number of fused-ring (bicyclic) bond motifs is 5. The van der Waals surface area contributed by atoms with Gasteiger partial charge in [-0.3, -0.25) is 0 Å². The Morgan fingerprint density at radius 1 is 0.956 bits per heavy atom. The average Bonchev–Trinajstić information content (AvgIpc) is 3.49. The van der Waals surface area contributed by atoms with Gasteiger partial charge in [0.1, 0.15) is 0 Å². The smallest absolute Gasteiger partial charge is 0.374 e. The lowest BCUT2D eigenvalue weighted by molar-refractivity contribution is -0.677. The highest BCUT2D eigenvalue weighted by Gasteiger charge is 2.28. The maximum absolute atomic E-state index is 11.7. The molecule has 0 aliphatic carbocycles. The molecule has 12 heteroatoms. The summed E-state index contributed by atoms with van der Waals surface area (Å²) in [5.74, 6) is 1.02. The minimum absolute atomic E-state index is 0.0950. The molecule has 0 saturated heterocycles. The Balaban J connectivity index is 1.41. The van der Waals surface area contributed by atoms with E-state index in [-0.39, 0.29) is 25.9 Å². The summed E-state index contributed by atoms with van der Waals surface area (Å²) in [4.78, 5) is 1.85. The van der Waals surface area contributed by atoms with E-state index >= 15 is 0 Å². The second-order valence-corrected chi connectivity index (χ2v) is 14.5. The van der Waals surface area contributed by atoms with Crippen molar-refractivity contribution in [2.75, 3.05) is 17.2 Å². The zero-order valence-corrected chi connectivity index (χ0v) is 26.3. The molecule has 0 saturated carbocycles. The fourth-order valence-corrected chi connectivity index (χ4v) is 6.49. The molecule has 6 rings (SSSR count). The summed E-state index contributed by atoms with van der Waals surface area (Å²) in [5, 5.41) is 2.79. The Bertz CT molecular complexity index is 2220. The Labute approximate surface area is 261 Å². The van der Waals surface area contributed by atoms with Crippen molar-refractivity contribution in [1.82, 2.24) is 0 Å². The molecular formula is C33H31N2O8S2-. The van der Waals surface area contributed by atoms with Crippen LogP contribution in [0.5, 0.6) is 5.75 Å². The normalized spacial score (nSPS) is 15.7. The van der Waals surface area contributed by atoms with Crippen LogP contribution in [0.15, 0.2) is 94.7 Å². The molecule has 0 bridgehead atoms. The third-order valence-electron chi connectivity index (χ3n) is 7.94. The maximum atomic E-state index is 11.7. The first-order valence-electron chi connectivity index (χ1n) is 14.5. The second-order valence-electron chi connectivity index (χ2n) is 11.2. The predicted octanol–water partition coefficient (Wildman–Crippen LogP) is 5.43. The number of anilines is 1. The van der Waals surface area contributed by atoms with E-state index in [0.29, 0.717) is 23.1 Å². The van der Waals surface area contributed by atoms with Gasteiger partial charge in [0.15, 0.2) is 12.3 Å². The van der Waals surface area contributed by atoms with E-state index in [0.717, 1.165) is 38.3 Å². The first-order chi connectivity index (χ1) is 21.4. The minimum atomic E-state index is -4.47. The highest BCUT2D eigenvalue weighted by Crippen LogP contribution is 2.42. The monoisotopic (exact) mass is 647 g/mol. The van der Waals surface area contributed by atoms with Crippen LogP contribution in [0.3, 0.4) is 0 Å². The van der Waals surface area contributed by atoms with E-state index < -0.39 is 31.2 Å². The van der Waals surface area contributed by atoms with Gasteiger partial charge in [-0.25, -0.2) is 16.8 Å². The summed E-state index contributed by atoms with van der Waals surface area (Å²) < 4.78 is 83.5. The van der Waals surface area contributed by atoms with E-state index in [2.05, 4.69) is 0 Å². The Morgan fingerprint density at radius 2 is 1.64 bits per heavy atom. The fourth-order valence-electron chi connectivity index (χ4n) is 5.61. The summed E-state index contributed by atoms with van der Waals surface area (Å²) in [6.07, 6.45) is 3.81. The lowest BCUT2D eigenvalue weighted by atomic mass is 10.1. The van der Waals surface area contributed by atoms with E-state index in [1.165, 1.54) is 6.92 Å². The molecule has 10 nitrogen and oxygen atoms in total. The topological polar surface area (TPSA) is 144 Å². The number of ether oxygens (including phenoxy) is 1. The highest BCUT2D eigenvalue weighted by atomic mass is 32.2. The summed E-state index contributed by atoms with van der Waals surface area (Å²) in [7, 11) is -8.85. The second kappa shape index (κ2) is 11.9. The number of rotatable bonds is 10. The third kappa shape index (κ3) is 6.59. The molecule has 1 aliphatic rings.